The Morgan fingerprint density at radius 3 is 2.45 bits per heavy atom. The van der Waals surface area contributed by atoms with Crippen LogP contribution in [0.15, 0.2) is 42.5 Å². The molecule has 0 aliphatic heterocycles. The van der Waals surface area contributed by atoms with Crippen LogP contribution in [0.1, 0.15) is 12.5 Å². The van der Waals surface area contributed by atoms with Gasteiger partial charge in [-0.15, -0.1) is 0 Å². The number of benzene rings is 2. The van der Waals surface area contributed by atoms with Gasteiger partial charge in [-0.05, 0) is 30.3 Å². The number of anilines is 2. The smallest absolute Gasteiger partial charge is 0.221 e. The Morgan fingerprint density at radius 2 is 1.80 bits per heavy atom. The molecule has 2 aromatic carbocycles. The molecule has 0 aliphatic carbocycles. The predicted octanol–water partition coefficient (Wildman–Crippen LogP) is 3.62. The summed E-state index contributed by atoms with van der Waals surface area (Å²) < 4.78 is 0. The highest BCUT2D eigenvalue weighted by Gasteiger charge is 2.04. The lowest BCUT2D eigenvalue weighted by atomic mass is 10.2. The van der Waals surface area contributed by atoms with Crippen LogP contribution in [0.5, 0.6) is 5.75 Å². The molecule has 0 saturated carbocycles. The van der Waals surface area contributed by atoms with E-state index in [0.29, 0.717) is 11.6 Å². The van der Waals surface area contributed by atoms with E-state index in [-0.39, 0.29) is 11.7 Å². The molecule has 0 spiro atoms. The molecular formula is C15H15ClN2O2. The van der Waals surface area contributed by atoms with Crippen LogP contribution < -0.4 is 10.6 Å². The van der Waals surface area contributed by atoms with Crippen molar-refractivity contribution in [2.24, 2.45) is 0 Å². The van der Waals surface area contributed by atoms with Crippen LogP contribution in [0, 0.1) is 0 Å². The van der Waals surface area contributed by atoms with Gasteiger partial charge < -0.3 is 15.7 Å². The topological polar surface area (TPSA) is 61.4 Å². The number of rotatable bonds is 4. The highest BCUT2D eigenvalue weighted by atomic mass is 35.5. The SMILES string of the molecule is CC(=O)Nc1ccc(NCc2cccc(Cl)c2O)cc1. The van der Waals surface area contributed by atoms with E-state index in [4.69, 9.17) is 11.6 Å². The highest BCUT2D eigenvalue weighted by Crippen LogP contribution is 2.27. The van der Waals surface area contributed by atoms with E-state index in [1.54, 1.807) is 18.2 Å². The van der Waals surface area contributed by atoms with Crippen molar-refractivity contribution in [3.63, 3.8) is 0 Å². The lowest BCUT2D eigenvalue weighted by molar-refractivity contribution is -0.114. The number of hydrogen-bond donors (Lipinski definition) is 3. The molecule has 0 aromatic heterocycles. The summed E-state index contributed by atoms with van der Waals surface area (Å²) in [6.07, 6.45) is 0. The molecule has 5 heteroatoms. The number of phenols is 1. The van der Waals surface area contributed by atoms with Gasteiger partial charge in [-0.2, -0.15) is 0 Å². The minimum Gasteiger partial charge on any atom is -0.506 e. The zero-order valence-corrected chi connectivity index (χ0v) is 11.7. The van der Waals surface area contributed by atoms with Crippen molar-refractivity contribution in [1.82, 2.24) is 0 Å². The highest BCUT2D eigenvalue weighted by molar-refractivity contribution is 6.32. The number of carbonyl (C=O) groups excluding carboxylic acids is 1. The number of hydrogen-bond acceptors (Lipinski definition) is 3. The quantitative estimate of drug-likeness (QED) is 0.806. The van der Waals surface area contributed by atoms with E-state index < -0.39 is 0 Å². The summed E-state index contributed by atoms with van der Waals surface area (Å²) in [6.45, 7) is 1.93. The third-order valence-electron chi connectivity index (χ3n) is 2.76. The largest absolute Gasteiger partial charge is 0.506 e. The maximum absolute atomic E-state index is 10.9. The molecule has 2 rings (SSSR count). The van der Waals surface area contributed by atoms with Crippen molar-refractivity contribution in [1.29, 1.82) is 0 Å². The van der Waals surface area contributed by atoms with E-state index >= 15 is 0 Å². The van der Waals surface area contributed by atoms with Gasteiger partial charge in [0.1, 0.15) is 5.75 Å². The summed E-state index contributed by atoms with van der Waals surface area (Å²) >= 11 is 5.85. The maximum atomic E-state index is 10.9. The zero-order chi connectivity index (χ0) is 14.5. The van der Waals surface area contributed by atoms with Gasteiger partial charge in [-0.1, -0.05) is 23.7 Å². The maximum Gasteiger partial charge on any atom is 0.221 e. The van der Waals surface area contributed by atoms with Crippen LogP contribution in [0.2, 0.25) is 5.02 Å². The average molecular weight is 291 g/mol. The number of nitrogens with one attached hydrogen (secondary N) is 2. The molecule has 0 bridgehead atoms. The first-order valence-electron chi connectivity index (χ1n) is 6.14. The Balaban J connectivity index is 2.00. The van der Waals surface area contributed by atoms with Gasteiger partial charge in [-0.3, -0.25) is 4.79 Å². The Kier molecular flexibility index (Phi) is 4.48. The van der Waals surface area contributed by atoms with Crippen molar-refractivity contribution in [2.75, 3.05) is 10.6 Å². The van der Waals surface area contributed by atoms with Crippen molar-refractivity contribution < 1.29 is 9.90 Å². The molecule has 104 valence electrons. The lowest BCUT2D eigenvalue weighted by Gasteiger charge is -2.10. The molecule has 0 aliphatic rings. The van der Waals surface area contributed by atoms with Gasteiger partial charge in [0.2, 0.25) is 5.91 Å². The molecular weight excluding hydrogens is 276 g/mol. The third-order valence-corrected chi connectivity index (χ3v) is 3.06. The summed E-state index contributed by atoms with van der Waals surface area (Å²) in [7, 11) is 0. The number of halogens is 1. The van der Waals surface area contributed by atoms with E-state index in [0.717, 1.165) is 16.9 Å². The number of para-hydroxylation sites is 1. The molecule has 0 unspecified atom stereocenters. The van der Waals surface area contributed by atoms with Gasteiger partial charge in [0.15, 0.2) is 0 Å². The average Bonchev–Trinajstić information content (AvgIpc) is 2.41. The van der Waals surface area contributed by atoms with Crippen LogP contribution in [-0.2, 0) is 11.3 Å². The predicted molar refractivity (Wildman–Crippen MR) is 81.2 cm³/mol. The van der Waals surface area contributed by atoms with Crippen molar-refractivity contribution in [3.05, 3.63) is 53.1 Å². The molecule has 0 atom stereocenters. The first kappa shape index (κ1) is 14.2. The van der Waals surface area contributed by atoms with Gasteiger partial charge in [0.25, 0.3) is 0 Å². The van der Waals surface area contributed by atoms with Crippen molar-refractivity contribution >= 4 is 28.9 Å². The summed E-state index contributed by atoms with van der Waals surface area (Å²) in [5.41, 5.74) is 2.36. The third kappa shape index (κ3) is 3.65. The molecule has 1 amide bonds. The van der Waals surface area contributed by atoms with E-state index in [1.165, 1.54) is 6.92 Å². The number of phenolic OH excluding ortho intramolecular Hbond substituents is 1. The fraction of sp³-hybridized carbons (Fsp3) is 0.133. The summed E-state index contributed by atoms with van der Waals surface area (Å²) in [5.74, 6) is -0.00825. The van der Waals surface area contributed by atoms with Crippen LogP contribution in [0.25, 0.3) is 0 Å². The Morgan fingerprint density at radius 1 is 1.15 bits per heavy atom. The van der Waals surface area contributed by atoms with Gasteiger partial charge in [0.05, 0.1) is 5.02 Å². The summed E-state index contributed by atoms with van der Waals surface area (Å²) in [6, 6.07) is 12.6. The second-order valence-corrected chi connectivity index (χ2v) is 4.77. The first-order chi connectivity index (χ1) is 9.56. The first-order valence-corrected chi connectivity index (χ1v) is 6.52. The molecule has 4 nitrogen and oxygen atoms in total. The standard InChI is InChI=1S/C15H15ClN2O2/c1-10(19)18-13-7-5-12(6-8-13)17-9-11-3-2-4-14(16)15(11)20/h2-8,17,20H,9H2,1H3,(H,18,19). The zero-order valence-electron chi connectivity index (χ0n) is 11.0. The fourth-order valence-corrected chi connectivity index (χ4v) is 1.97. The summed E-state index contributed by atoms with van der Waals surface area (Å²) in [4.78, 5) is 10.9. The van der Waals surface area contributed by atoms with E-state index in [9.17, 15) is 9.90 Å². The molecule has 0 radical (unpaired) electrons. The number of aromatic hydroxyl groups is 1. The minimum atomic E-state index is -0.102. The number of amides is 1. The van der Waals surface area contributed by atoms with Crippen LogP contribution in [-0.4, -0.2) is 11.0 Å². The lowest BCUT2D eigenvalue weighted by Crippen LogP contribution is -2.05. The molecule has 0 heterocycles. The van der Waals surface area contributed by atoms with Gasteiger partial charge in [0, 0.05) is 30.4 Å². The fourth-order valence-electron chi connectivity index (χ4n) is 1.77. The second-order valence-electron chi connectivity index (χ2n) is 4.36. The molecule has 20 heavy (non-hydrogen) atoms. The van der Waals surface area contributed by atoms with Crippen LogP contribution in [0.4, 0.5) is 11.4 Å². The minimum absolute atomic E-state index is 0.0940. The Hall–Kier alpha value is -2.20. The molecule has 0 saturated heterocycles. The van der Waals surface area contributed by atoms with Gasteiger partial charge in [-0.25, -0.2) is 0 Å². The molecule has 0 fully saturated rings. The Bertz CT molecular complexity index is 612. The number of carbonyl (C=O) groups is 1. The molecule has 2 aromatic rings. The van der Waals surface area contributed by atoms with Crippen LogP contribution >= 0.6 is 11.6 Å². The van der Waals surface area contributed by atoms with Crippen molar-refractivity contribution in [3.8, 4) is 5.75 Å². The van der Waals surface area contributed by atoms with E-state index in [1.807, 2.05) is 24.3 Å². The van der Waals surface area contributed by atoms with Gasteiger partial charge >= 0.3 is 0 Å². The Labute approximate surface area is 122 Å². The normalized spacial score (nSPS) is 10.1. The second kappa shape index (κ2) is 6.30. The molecule has 3 N–H and O–H groups in total. The monoisotopic (exact) mass is 290 g/mol. The summed E-state index contributed by atoms with van der Waals surface area (Å²) in [5, 5.41) is 16.0. The van der Waals surface area contributed by atoms with Crippen molar-refractivity contribution in [2.45, 2.75) is 13.5 Å². The van der Waals surface area contributed by atoms with E-state index in [2.05, 4.69) is 10.6 Å². The van der Waals surface area contributed by atoms with Crippen LogP contribution in [0.3, 0.4) is 0 Å².